The Balaban J connectivity index is 1.53. The molecule has 0 saturated carbocycles. The summed E-state index contributed by atoms with van der Waals surface area (Å²) < 4.78 is 18.6. The number of halogens is 1. The molecule has 1 aliphatic rings. The number of benzene rings is 2. The molecular formula is C22H21FN4O3. The molecule has 0 radical (unpaired) electrons. The first-order chi connectivity index (χ1) is 14.5. The fraction of sp³-hybridized carbons (Fsp3) is 0.227. The number of amidine groups is 1. The number of anilines is 1. The number of aliphatic hydroxyl groups is 1. The maximum Gasteiger partial charge on any atom is 0.338 e. The summed E-state index contributed by atoms with van der Waals surface area (Å²) in [7, 11) is 0. The molecule has 30 heavy (non-hydrogen) atoms. The van der Waals surface area contributed by atoms with Crippen LogP contribution < -0.4 is 4.90 Å². The maximum absolute atomic E-state index is 13.4. The number of carbonyl (C=O) groups is 1. The Labute approximate surface area is 172 Å². The van der Waals surface area contributed by atoms with Crippen LogP contribution >= 0.6 is 0 Å². The lowest BCUT2D eigenvalue weighted by Crippen LogP contribution is -2.26. The molecule has 0 aliphatic carbocycles. The van der Waals surface area contributed by atoms with Crippen molar-refractivity contribution in [1.82, 2.24) is 9.97 Å². The molecule has 1 aromatic heterocycles. The molecule has 1 aliphatic heterocycles. The highest BCUT2D eigenvalue weighted by atomic mass is 19.1. The van der Waals surface area contributed by atoms with Crippen LogP contribution in [-0.2, 0) is 4.74 Å². The van der Waals surface area contributed by atoms with Gasteiger partial charge in [0.1, 0.15) is 23.2 Å². The molecule has 3 N–H and O–H groups in total. The van der Waals surface area contributed by atoms with Crippen LogP contribution in [0.4, 0.5) is 10.1 Å². The molecule has 7 nitrogen and oxygen atoms in total. The van der Waals surface area contributed by atoms with E-state index in [-0.39, 0.29) is 29.7 Å². The summed E-state index contributed by atoms with van der Waals surface area (Å²) in [4.78, 5) is 21.0. The second kappa shape index (κ2) is 7.98. The smallest absolute Gasteiger partial charge is 0.338 e. The molecule has 0 fully saturated rings. The molecular weight excluding hydrogens is 387 g/mol. The number of nitrogens with zero attached hydrogens (tertiary/aromatic N) is 2. The molecule has 154 valence electrons. The number of H-pyrrole nitrogens is 1. The lowest BCUT2D eigenvalue weighted by Gasteiger charge is -2.18. The van der Waals surface area contributed by atoms with Gasteiger partial charge in [0.2, 0.25) is 0 Å². The molecule has 0 spiro atoms. The number of ether oxygens (including phenoxy) is 1. The van der Waals surface area contributed by atoms with Gasteiger partial charge in [0, 0.05) is 5.69 Å². The van der Waals surface area contributed by atoms with Crippen LogP contribution in [0.25, 0.3) is 16.6 Å². The highest BCUT2D eigenvalue weighted by molar-refractivity contribution is 6.30. The van der Waals surface area contributed by atoms with E-state index in [0.29, 0.717) is 34.7 Å². The Morgan fingerprint density at radius 2 is 2.07 bits per heavy atom. The van der Waals surface area contributed by atoms with E-state index < -0.39 is 5.82 Å². The molecule has 2 heterocycles. The third-order valence-corrected chi connectivity index (χ3v) is 4.93. The topological polar surface area (TPSA) is 102 Å². The first-order valence-corrected chi connectivity index (χ1v) is 9.69. The van der Waals surface area contributed by atoms with Gasteiger partial charge in [0.15, 0.2) is 0 Å². The lowest BCUT2D eigenvalue weighted by molar-refractivity contribution is 0.0500. The summed E-state index contributed by atoms with van der Waals surface area (Å²) in [5.74, 6) is -0.431. The second-order valence-electron chi connectivity index (χ2n) is 7.04. The standard InChI is InChI=1S/C22H21FN4O3/c1-2-3-10-30-22(29)13-4-7-15(8-5-13)27-12-18(28)19(20(27)24)21-25-16-9-6-14(23)11-17(16)26-21/h4-9,11,24,28H,2-3,10,12H2,1H3,(H,25,26). The average Bonchev–Trinajstić information content (AvgIpc) is 3.27. The first-order valence-electron chi connectivity index (χ1n) is 9.69. The van der Waals surface area contributed by atoms with Crippen LogP contribution in [0.15, 0.2) is 48.2 Å². The minimum Gasteiger partial charge on any atom is -0.509 e. The number of nitrogens with one attached hydrogen (secondary N) is 2. The van der Waals surface area contributed by atoms with E-state index in [9.17, 15) is 14.3 Å². The first kappa shape index (κ1) is 19.6. The number of aromatic amines is 1. The number of imidazole rings is 1. The predicted octanol–water partition coefficient (Wildman–Crippen LogP) is 4.43. The largest absolute Gasteiger partial charge is 0.509 e. The van der Waals surface area contributed by atoms with Crippen LogP contribution in [0.2, 0.25) is 0 Å². The molecule has 3 aromatic rings. The summed E-state index contributed by atoms with van der Waals surface area (Å²) in [5.41, 5.74) is 2.37. The highest BCUT2D eigenvalue weighted by Gasteiger charge is 2.31. The van der Waals surface area contributed by atoms with Crippen molar-refractivity contribution in [2.45, 2.75) is 19.8 Å². The zero-order chi connectivity index (χ0) is 21.3. The fourth-order valence-electron chi connectivity index (χ4n) is 3.32. The van der Waals surface area contributed by atoms with E-state index in [2.05, 4.69) is 9.97 Å². The van der Waals surface area contributed by atoms with Crippen molar-refractivity contribution in [3.8, 4) is 0 Å². The number of aromatic nitrogens is 2. The summed E-state index contributed by atoms with van der Waals surface area (Å²) >= 11 is 0. The number of esters is 1. The van der Waals surface area contributed by atoms with E-state index in [0.717, 1.165) is 12.8 Å². The Morgan fingerprint density at radius 1 is 1.30 bits per heavy atom. The number of hydrogen-bond acceptors (Lipinski definition) is 5. The van der Waals surface area contributed by atoms with E-state index >= 15 is 0 Å². The number of unbranched alkanes of at least 4 members (excludes halogenated alkanes) is 1. The van der Waals surface area contributed by atoms with E-state index in [1.54, 1.807) is 29.2 Å². The van der Waals surface area contributed by atoms with Gasteiger partial charge >= 0.3 is 5.97 Å². The Kier molecular flexibility index (Phi) is 5.22. The quantitative estimate of drug-likeness (QED) is 0.414. The van der Waals surface area contributed by atoms with Crippen molar-refractivity contribution < 1.29 is 19.0 Å². The third-order valence-electron chi connectivity index (χ3n) is 4.93. The van der Waals surface area contributed by atoms with Crippen LogP contribution in [0, 0.1) is 11.2 Å². The molecule has 0 bridgehead atoms. The van der Waals surface area contributed by atoms with Gasteiger partial charge in [-0.1, -0.05) is 13.3 Å². The van der Waals surface area contributed by atoms with Crippen LogP contribution in [-0.4, -0.2) is 40.0 Å². The summed E-state index contributed by atoms with van der Waals surface area (Å²) in [6.07, 6.45) is 1.76. The maximum atomic E-state index is 13.4. The van der Waals surface area contributed by atoms with Gasteiger partial charge in [-0.2, -0.15) is 0 Å². The van der Waals surface area contributed by atoms with Crippen LogP contribution in [0.3, 0.4) is 0 Å². The summed E-state index contributed by atoms with van der Waals surface area (Å²) in [6, 6.07) is 10.8. The van der Waals surface area contributed by atoms with Gasteiger partial charge < -0.3 is 19.7 Å². The second-order valence-corrected chi connectivity index (χ2v) is 7.04. The highest BCUT2D eigenvalue weighted by Crippen LogP contribution is 2.31. The summed E-state index contributed by atoms with van der Waals surface area (Å²) in [6.45, 7) is 2.51. The van der Waals surface area contributed by atoms with Gasteiger partial charge in [0.25, 0.3) is 0 Å². The van der Waals surface area contributed by atoms with Gasteiger partial charge in [-0.3, -0.25) is 5.41 Å². The molecule has 0 unspecified atom stereocenters. The molecule has 0 saturated heterocycles. The van der Waals surface area contributed by atoms with E-state index in [1.165, 1.54) is 18.2 Å². The predicted molar refractivity (Wildman–Crippen MR) is 112 cm³/mol. The average molecular weight is 408 g/mol. The van der Waals surface area contributed by atoms with Crippen molar-refractivity contribution >= 4 is 34.1 Å². The zero-order valence-corrected chi connectivity index (χ0v) is 16.4. The van der Waals surface area contributed by atoms with Crippen molar-refractivity contribution in [2.75, 3.05) is 18.1 Å². The molecule has 4 rings (SSSR count). The zero-order valence-electron chi connectivity index (χ0n) is 16.4. The molecule has 0 atom stereocenters. The minimum atomic E-state index is -0.396. The van der Waals surface area contributed by atoms with Crippen LogP contribution in [0.5, 0.6) is 0 Å². The Bertz CT molecular complexity index is 1150. The summed E-state index contributed by atoms with van der Waals surface area (Å²) in [5, 5.41) is 19.0. The Morgan fingerprint density at radius 3 is 2.80 bits per heavy atom. The van der Waals surface area contributed by atoms with Crippen molar-refractivity contribution in [2.24, 2.45) is 0 Å². The van der Waals surface area contributed by atoms with E-state index in [4.69, 9.17) is 10.1 Å². The third kappa shape index (κ3) is 3.63. The fourth-order valence-corrected chi connectivity index (χ4v) is 3.32. The number of carbonyl (C=O) groups excluding carboxylic acids is 1. The Hall–Kier alpha value is -3.68. The van der Waals surface area contributed by atoms with Gasteiger partial charge in [0.05, 0.1) is 35.3 Å². The number of fused-ring (bicyclic) bond motifs is 1. The monoisotopic (exact) mass is 408 g/mol. The number of hydrogen-bond donors (Lipinski definition) is 3. The van der Waals surface area contributed by atoms with Crippen molar-refractivity contribution in [3.63, 3.8) is 0 Å². The van der Waals surface area contributed by atoms with E-state index in [1.807, 2.05) is 6.92 Å². The van der Waals surface area contributed by atoms with Gasteiger partial charge in [-0.05, 0) is 48.9 Å². The van der Waals surface area contributed by atoms with Gasteiger partial charge in [-0.25, -0.2) is 14.2 Å². The lowest BCUT2D eigenvalue weighted by atomic mass is 10.2. The number of aliphatic hydroxyl groups excluding tert-OH is 1. The minimum absolute atomic E-state index is 0.0115. The molecule has 8 heteroatoms. The van der Waals surface area contributed by atoms with Crippen molar-refractivity contribution in [3.05, 3.63) is 65.4 Å². The SMILES string of the molecule is CCCCOC(=O)c1ccc(N2CC(O)=C(c3nc4ccc(F)cc4[nH]3)C2=N)cc1. The molecule has 2 aromatic carbocycles. The number of rotatable bonds is 6. The van der Waals surface area contributed by atoms with Crippen LogP contribution in [0.1, 0.15) is 35.9 Å². The van der Waals surface area contributed by atoms with Crippen molar-refractivity contribution in [1.29, 1.82) is 5.41 Å². The normalized spacial score (nSPS) is 14.1. The van der Waals surface area contributed by atoms with Gasteiger partial charge in [-0.15, -0.1) is 0 Å². The molecule has 0 amide bonds.